The summed E-state index contributed by atoms with van der Waals surface area (Å²) in [6.45, 7) is 3.04. The van der Waals surface area contributed by atoms with Gasteiger partial charge in [0.25, 0.3) is 0 Å². The molecule has 1 atom stereocenters. The van der Waals surface area contributed by atoms with Crippen LogP contribution >= 0.6 is 0 Å². The van der Waals surface area contributed by atoms with Crippen molar-refractivity contribution in [2.24, 2.45) is 0 Å². The molecular formula is C17H36N2O3. The Kier molecular flexibility index (Phi) is 12.5. The molecule has 0 saturated heterocycles. The van der Waals surface area contributed by atoms with Crippen molar-refractivity contribution in [3.8, 4) is 0 Å². The molecule has 22 heavy (non-hydrogen) atoms. The van der Waals surface area contributed by atoms with Crippen LogP contribution in [0.1, 0.15) is 71.1 Å². The second-order valence-corrected chi connectivity index (χ2v) is 7.07. The highest BCUT2D eigenvalue weighted by atomic mass is 16.5. The van der Waals surface area contributed by atoms with Gasteiger partial charge in [0.2, 0.25) is 0 Å². The van der Waals surface area contributed by atoms with Crippen LogP contribution in [0.5, 0.6) is 0 Å². The van der Waals surface area contributed by atoms with Crippen LogP contribution in [0, 0.1) is 0 Å². The van der Waals surface area contributed by atoms with Crippen molar-refractivity contribution in [1.82, 2.24) is 5.48 Å². The summed E-state index contributed by atoms with van der Waals surface area (Å²) in [5.74, 6) is -1.01. The Morgan fingerprint density at radius 2 is 1.59 bits per heavy atom. The number of carboxylic acids is 1. The van der Waals surface area contributed by atoms with Gasteiger partial charge in [-0.1, -0.05) is 51.9 Å². The number of likely N-dealkylation sites (N-methyl/N-ethyl adjacent to an activating group) is 1. The summed E-state index contributed by atoms with van der Waals surface area (Å²) in [6, 6.07) is 0.124. The number of carboxylic acid groups (broad SMARTS) is 1. The van der Waals surface area contributed by atoms with E-state index in [0.717, 1.165) is 32.2 Å². The standard InChI is InChI=1S/C17H36N2O3/c1-4-5-6-7-8-9-10-12-16(18-22)13-11-14-19(2,3)15-17(20)21/h16,18,22H,4-15H2,1-3H3. The van der Waals surface area contributed by atoms with Crippen molar-refractivity contribution < 1.29 is 19.6 Å². The molecule has 2 N–H and O–H groups in total. The fourth-order valence-corrected chi connectivity index (χ4v) is 2.82. The van der Waals surface area contributed by atoms with Gasteiger partial charge in [-0.3, -0.25) is 0 Å². The third-order valence-corrected chi connectivity index (χ3v) is 4.21. The second kappa shape index (κ2) is 12.9. The molecule has 132 valence electrons. The molecule has 0 rings (SSSR count). The highest BCUT2D eigenvalue weighted by molar-refractivity contribution is 5.65. The van der Waals surface area contributed by atoms with Crippen molar-refractivity contribution in [2.75, 3.05) is 27.2 Å². The Hall–Kier alpha value is -0.650. The average Bonchev–Trinajstić information content (AvgIpc) is 2.42. The molecule has 0 bridgehead atoms. The largest absolute Gasteiger partial charge is 0.544 e. The summed E-state index contributed by atoms with van der Waals surface area (Å²) in [7, 11) is 3.79. The minimum Gasteiger partial charge on any atom is -0.544 e. The zero-order chi connectivity index (χ0) is 16.8. The Labute approximate surface area is 136 Å². The predicted octanol–water partition coefficient (Wildman–Crippen LogP) is 2.08. The molecule has 0 aliphatic rings. The van der Waals surface area contributed by atoms with Gasteiger partial charge < -0.3 is 19.6 Å². The van der Waals surface area contributed by atoms with Crippen LogP contribution < -0.4 is 10.6 Å². The van der Waals surface area contributed by atoms with Crippen molar-refractivity contribution in [1.29, 1.82) is 0 Å². The molecule has 5 heteroatoms. The topological polar surface area (TPSA) is 72.4 Å². The molecule has 5 nitrogen and oxygen atoms in total. The molecule has 0 aromatic rings. The first-order valence-electron chi connectivity index (χ1n) is 8.82. The Morgan fingerprint density at radius 1 is 1.05 bits per heavy atom. The summed E-state index contributed by atoms with van der Waals surface area (Å²) in [6.07, 6.45) is 11.7. The molecule has 0 aromatic carbocycles. The lowest BCUT2D eigenvalue weighted by atomic mass is 10.0. The monoisotopic (exact) mass is 316 g/mol. The molecule has 0 heterocycles. The molecule has 0 saturated carbocycles. The number of nitrogens with one attached hydrogen (secondary N) is 1. The summed E-state index contributed by atoms with van der Waals surface area (Å²) in [5, 5.41) is 19.9. The maximum Gasteiger partial charge on any atom is 0.119 e. The van der Waals surface area contributed by atoms with E-state index >= 15 is 0 Å². The van der Waals surface area contributed by atoms with Gasteiger partial charge in [0.1, 0.15) is 6.54 Å². The number of hydrogen-bond acceptors (Lipinski definition) is 4. The van der Waals surface area contributed by atoms with Crippen LogP contribution in [0.2, 0.25) is 0 Å². The number of aliphatic carboxylic acids is 1. The molecular weight excluding hydrogens is 280 g/mol. The van der Waals surface area contributed by atoms with E-state index in [1.807, 2.05) is 14.1 Å². The minimum atomic E-state index is -1.01. The number of rotatable bonds is 15. The van der Waals surface area contributed by atoms with Crippen LogP contribution in [0.15, 0.2) is 0 Å². The van der Waals surface area contributed by atoms with Crippen LogP contribution in [-0.2, 0) is 4.79 Å². The van der Waals surface area contributed by atoms with E-state index in [1.165, 1.54) is 38.5 Å². The molecule has 0 amide bonds. The zero-order valence-corrected chi connectivity index (χ0v) is 14.8. The molecule has 0 fully saturated rings. The van der Waals surface area contributed by atoms with Gasteiger partial charge in [-0.2, -0.15) is 0 Å². The lowest BCUT2D eigenvalue weighted by Crippen LogP contribution is -2.49. The number of carbonyl (C=O) groups is 1. The predicted molar refractivity (Wildman–Crippen MR) is 87.4 cm³/mol. The molecule has 0 aliphatic carbocycles. The summed E-state index contributed by atoms with van der Waals surface area (Å²) in [5.41, 5.74) is 2.40. The Morgan fingerprint density at radius 3 is 2.14 bits per heavy atom. The van der Waals surface area contributed by atoms with Crippen LogP contribution in [-0.4, -0.2) is 48.9 Å². The molecule has 0 aromatic heterocycles. The van der Waals surface area contributed by atoms with Crippen LogP contribution in [0.3, 0.4) is 0 Å². The van der Waals surface area contributed by atoms with E-state index in [0.29, 0.717) is 4.48 Å². The van der Waals surface area contributed by atoms with Crippen molar-refractivity contribution >= 4 is 5.97 Å². The lowest BCUT2D eigenvalue weighted by molar-refractivity contribution is -0.885. The average molecular weight is 316 g/mol. The van der Waals surface area contributed by atoms with Gasteiger partial charge in [0.15, 0.2) is 0 Å². The quantitative estimate of drug-likeness (QED) is 0.276. The Bertz CT molecular complexity index is 283. The summed E-state index contributed by atoms with van der Waals surface area (Å²) < 4.78 is 0.428. The van der Waals surface area contributed by atoms with Crippen molar-refractivity contribution in [2.45, 2.75) is 77.2 Å². The van der Waals surface area contributed by atoms with E-state index in [9.17, 15) is 15.1 Å². The molecule has 1 unspecified atom stereocenters. The van der Waals surface area contributed by atoms with Gasteiger partial charge in [-0.05, 0) is 19.3 Å². The maximum absolute atomic E-state index is 10.7. The van der Waals surface area contributed by atoms with Crippen molar-refractivity contribution in [3.05, 3.63) is 0 Å². The number of unbranched alkanes of at least 4 members (excludes halogenated alkanes) is 6. The normalized spacial score (nSPS) is 13.3. The van der Waals surface area contributed by atoms with E-state index in [1.54, 1.807) is 0 Å². The van der Waals surface area contributed by atoms with E-state index in [-0.39, 0.29) is 12.6 Å². The van der Waals surface area contributed by atoms with Crippen molar-refractivity contribution in [3.63, 3.8) is 0 Å². The van der Waals surface area contributed by atoms with Gasteiger partial charge in [0, 0.05) is 6.04 Å². The summed E-state index contributed by atoms with van der Waals surface area (Å²) >= 11 is 0. The SMILES string of the molecule is CCCCCCCCCC(CCC[N+](C)(C)CC(=O)[O-])NO. The highest BCUT2D eigenvalue weighted by Gasteiger charge is 2.16. The lowest BCUT2D eigenvalue weighted by Gasteiger charge is -2.30. The van der Waals surface area contributed by atoms with Gasteiger partial charge in [-0.25, -0.2) is 5.48 Å². The number of quaternary nitrogens is 1. The molecule has 0 radical (unpaired) electrons. The Balaban J connectivity index is 3.68. The van der Waals surface area contributed by atoms with E-state index < -0.39 is 5.97 Å². The first-order chi connectivity index (χ1) is 10.4. The van der Waals surface area contributed by atoms with E-state index in [4.69, 9.17) is 0 Å². The fourth-order valence-electron chi connectivity index (χ4n) is 2.82. The molecule has 0 aliphatic heterocycles. The third-order valence-electron chi connectivity index (χ3n) is 4.21. The number of nitrogens with zero attached hydrogens (tertiary/aromatic N) is 1. The van der Waals surface area contributed by atoms with Crippen LogP contribution in [0.4, 0.5) is 0 Å². The second-order valence-electron chi connectivity index (χ2n) is 7.07. The van der Waals surface area contributed by atoms with Gasteiger partial charge in [0.05, 0.1) is 26.6 Å². The molecule has 0 spiro atoms. The summed E-state index contributed by atoms with van der Waals surface area (Å²) in [4.78, 5) is 10.7. The highest BCUT2D eigenvalue weighted by Crippen LogP contribution is 2.12. The number of carbonyl (C=O) groups excluding carboxylic acids is 1. The first kappa shape index (κ1) is 21.4. The first-order valence-corrected chi connectivity index (χ1v) is 8.82. The maximum atomic E-state index is 10.7. The smallest absolute Gasteiger partial charge is 0.119 e. The van der Waals surface area contributed by atoms with Gasteiger partial charge in [-0.15, -0.1) is 0 Å². The number of hydroxylamine groups is 1. The number of hydrogen-bond donors (Lipinski definition) is 2. The van der Waals surface area contributed by atoms with E-state index in [2.05, 4.69) is 12.4 Å². The fraction of sp³-hybridized carbons (Fsp3) is 0.941. The third kappa shape index (κ3) is 13.0. The zero-order valence-electron chi connectivity index (χ0n) is 14.8. The van der Waals surface area contributed by atoms with Crippen LogP contribution in [0.25, 0.3) is 0 Å². The van der Waals surface area contributed by atoms with Gasteiger partial charge >= 0.3 is 0 Å². The minimum absolute atomic E-state index is 0.0367.